The lowest BCUT2D eigenvalue weighted by molar-refractivity contribution is 0.334. The Morgan fingerprint density at radius 2 is 2.17 bits per heavy atom. The highest BCUT2D eigenvalue weighted by atomic mass is 32.2. The summed E-state index contributed by atoms with van der Waals surface area (Å²) >= 11 is 0. The van der Waals surface area contributed by atoms with Crippen molar-refractivity contribution in [1.82, 2.24) is 14.9 Å². The first-order valence-electron chi connectivity index (χ1n) is 9.90. The van der Waals surface area contributed by atoms with Crippen molar-refractivity contribution in [3.8, 4) is 5.75 Å². The lowest BCUT2D eigenvalue weighted by atomic mass is 9.87. The number of anilines is 1. The normalized spacial score (nSPS) is 23.7. The molecule has 9 heteroatoms. The van der Waals surface area contributed by atoms with Crippen LogP contribution in [-0.2, 0) is 16.6 Å². The van der Waals surface area contributed by atoms with Gasteiger partial charge in [0.15, 0.2) is 11.4 Å². The van der Waals surface area contributed by atoms with Crippen molar-refractivity contribution < 1.29 is 17.7 Å². The number of hydrogen-bond donors (Lipinski definition) is 1. The van der Waals surface area contributed by atoms with Gasteiger partial charge in [-0.15, -0.1) is 0 Å². The number of benzene rings is 1. The molecule has 154 valence electrons. The maximum absolute atomic E-state index is 12.9. The molecule has 2 fully saturated rings. The van der Waals surface area contributed by atoms with Gasteiger partial charge in [-0.3, -0.25) is 9.40 Å². The van der Waals surface area contributed by atoms with Gasteiger partial charge in [-0.25, -0.2) is 8.42 Å². The number of sulfonamides is 1. The minimum atomic E-state index is -3.54. The average molecular weight is 417 g/mol. The number of aromatic nitrogens is 3. The van der Waals surface area contributed by atoms with Crippen LogP contribution in [0.5, 0.6) is 5.75 Å². The van der Waals surface area contributed by atoms with Gasteiger partial charge in [-0.05, 0) is 67.2 Å². The van der Waals surface area contributed by atoms with E-state index in [1.54, 1.807) is 18.0 Å². The topological polar surface area (TPSA) is 99.2 Å². The molecule has 1 aromatic carbocycles. The molecule has 2 saturated carbocycles. The van der Waals surface area contributed by atoms with E-state index in [0.717, 1.165) is 37.7 Å². The second kappa shape index (κ2) is 6.76. The van der Waals surface area contributed by atoms with Crippen LogP contribution < -0.4 is 9.46 Å². The zero-order chi connectivity index (χ0) is 20.1. The van der Waals surface area contributed by atoms with Crippen molar-refractivity contribution in [3.05, 3.63) is 36.2 Å². The van der Waals surface area contributed by atoms with Gasteiger partial charge in [0.1, 0.15) is 11.1 Å². The molecule has 0 atom stereocenters. The molecule has 0 radical (unpaired) electrons. The molecule has 5 rings (SSSR count). The summed E-state index contributed by atoms with van der Waals surface area (Å²) in [6.07, 6.45) is 8.90. The highest BCUT2D eigenvalue weighted by Crippen LogP contribution is 2.54. The van der Waals surface area contributed by atoms with Crippen molar-refractivity contribution in [1.29, 1.82) is 0 Å². The Labute approximate surface area is 169 Å². The lowest BCUT2D eigenvalue weighted by Gasteiger charge is -2.25. The Morgan fingerprint density at radius 3 is 2.83 bits per heavy atom. The van der Waals surface area contributed by atoms with Crippen LogP contribution in [0, 0.1) is 11.3 Å². The van der Waals surface area contributed by atoms with Crippen LogP contribution in [0.3, 0.4) is 0 Å². The molecule has 0 saturated heterocycles. The highest BCUT2D eigenvalue weighted by Gasteiger charge is 2.47. The summed E-state index contributed by atoms with van der Waals surface area (Å²) in [5.41, 5.74) is 1.33. The van der Waals surface area contributed by atoms with Gasteiger partial charge in [0, 0.05) is 12.4 Å². The molecule has 2 aromatic heterocycles. The molecule has 29 heavy (non-hydrogen) atoms. The molecular weight excluding hydrogens is 392 g/mol. The van der Waals surface area contributed by atoms with Crippen molar-refractivity contribution in [3.63, 3.8) is 0 Å². The van der Waals surface area contributed by atoms with Gasteiger partial charge in [0.25, 0.3) is 0 Å². The van der Waals surface area contributed by atoms with Gasteiger partial charge < -0.3 is 9.26 Å². The van der Waals surface area contributed by atoms with E-state index in [1.807, 2.05) is 24.4 Å². The number of fused-ring (bicyclic) bond motifs is 3. The Morgan fingerprint density at radius 1 is 1.34 bits per heavy atom. The van der Waals surface area contributed by atoms with E-state index < -0.39 is 10.0 Å². The number of nitrogens with zero attached hydrogens (tertiary/aromatic N) is 3. The molecule has 2 aliphatic rings. The number of nitrogens with one attached hydrogen (secondary N) is 1. The van der Waals surface area contributed by atoms with E-state index in [0.29, 0.717) is 29.2 Å². The van der Waals surface area contributed by atoms with E-state index in [4.69, 9.17) is 9.26 Å². The summed E-state index contributed by atoms with van der Waals surface area (Å²) in [5.74, 6) is 1.55. The second-order valence-corrected chi connectivity index (χ2v) is 10.1. The van der Waals surface area contributed by atoms with Crippen LogP contribution >= 0.6 is 0 Å². The molecule has 1 N–H and O–H groups in total. The van der Waals surface area contributed by atoms with E-state index in [9.17, 15) is 8.42 Å². The predicted octanol–water partition coefficient (Wildman–Crippen LogP) is 3.40. The SMILES string of the molecule is COc1cc(Cn2cccn2)cc2onc(NS(=O)(=O)CC34CCC(CC3)C4)c12. The maximum Gasteiger partial charge on any atom is 0.234 e. The van der Waals surface area contributed by atoms with Crippen molar-refractivity contribution in [2.75, 3.05) is 17.6 Å². The predicted molar refractivity (Wildman–Crippen MR) is 108 cm³/mol. The Balaban J connectivity index is 1.43. The zero-order valence-corrected chi connectivity index (χ0v) is 17.1. The molecule has 2 bridgehead atoms. The lowest BCUT2D eigenvalue weighted by Crippen LogP contribution is -2.30. The third-order valence-corrected chi connectivity index (χ3v) is 7.85. The Kier molecular flexibility index (Phi) is 4.31. The van der Waals surface area contributed by atoms with Crippen LogP contribution in [-0.4, -0.2) is 36.2 Å². The fraction of sp³-hybridized carbons (Fsp3) is 0.500. The van der Waals surface area contributed by atoms with Gasteiger partial charge in [0.2, 0.25) is 10.0 Å². The van der Waals surface area contributed by atoms with E-state index in [1.165, 1.54) is 0 Å². The van der Waals surface area contributed by atoms with Gasteiger partial charge in [-0.2, -0.15) is 5.10 Å². The number of ether oxygens (including phenoxy) is 1. The number of hydrogen-bond acceptors (Lipinski definition) is 6. The monoisotopic (exact) mass is 416 g/mol. The third kappa shape index (κ3) is 3.48. The summed E-state index contributed by atoms with van der Waals surface area (Å²) in [6.45, 7) is 0.546. The van der Waals surface area contributed by atoms with Crippen molar-refractivity contribution in [2.24, 2.45) is 11.3 Å². The van der Waals surface area contributed by atoms with E-state index in [2.05, 4.69) is 15.0 Å². The Hall–Kier alpha value is -2.55. The van der Waals surface area contributed by atoms with Crippen LogP contribution in [0.4, 0.5) is 5.82 Å². The smallest absolute Gasteiger partial charge is 0.234 e. The molecule has 0 unspecified atom stereocenters. The molecule has 8 nitrogen and oxygen atoms in total. The number of methoxy groups -OCH3 is 1. The van der Waals surface area contributed by atoms with Crippen LogP contribution in [0.1, 0.15) is 37.7 Å². The van der Waals surface area contributed by atoms with Gasteiger partial charge >= 0.3 is 0 Å². The summed E-state index contributed by atoms with van der Waals surface area (Å²) in [5, 5.41) is 8.73. The second-order valence-electron chi connectivity index (χ2n) is 8.41. The van der Waals surface area contributed by atoms with Gasteiger partial charge in [-0.1, -0.05) is 5.16 Å². The first kappa shape index (κ1) is 18.5. The molecule has 2 heterocycles. The quantitative estimate of drug-likeness (QED) is 0.634. The first-order valence-corrected chi connectivity index (χ1v) is 11.5. The first-order chi connectivity index (χ1) is 14.0. The average Bonchev–Trinajstić information content (AvgIpc) is 3.46. The zero-order valence-electron chi connectivity index (χ0n) is 16.3. The van der Waals surface area contributed by atoms with Crippen LogP contribution in [0.2, 0.25) is 0 Å². The largest absolute Gasteiger partial charge is 0.496 e. The molecule has 3 aromatic rings. The molecule has 0 amide bonds. The summed E-state index contributed by atoms with van der Waals surface area (Å²) in [4.78, 5) is 0. The maximum atomic E-state index is 12.9. The fourth-order valence-electron chi connectivity index (χ4n) is 5.09. The summed E-state index contributed by atoms with van der Waals surface area (Å²) < 4.78 is 41.2. The minimum absolute atomic E-state index is 0.0724. The summed E-state index contributed by atoms with van der Waals surface area (Å²) in [7, 11) is -1.99. The molecule has 0 spiro atoms. The molecule has 0 aliphatic heterocycles. The Bertz CT molecular complexity index is 1130. The minimum Gasteiger partial charge on any atom is -0.496 e. The van der Waals surface area contributed by atoms with Crippen LogP contribution in [0.25, 0.3) is 11.0 Å². The van der Waals surface area contributed by atoms with Crippen molar-refractivity contribution in [2.45, 2.75) is 38.6 Å². The standard InChI is InChI=1S/C20H24N4O4S/c1-27-16-9-15(12-24-8-2-7-21-24)10-17-18(16)19(22-28-17)23-29(25,26)13-20-5-3-14(11-20)4-6-20/h2,7-10,14H,3-6,11-13H2,1H3,(H,22,23). The number of rotatable bonds is 7. The van der Waals surface area contributed by atoms with E-state index in [-0.39, 0.29) is 17.0 Å². The van der Waals surface area contributed by atoms with Crippen LogP contribution in [0.15, 0.2) is 35.1 Å². The summed E-state index contributed by atoms with van der Waals surface area (Å²) in [6, 6.07) is 5.55. The third-order valence-electron chi connectivity index (χ3n) is 6.36. The van der Waals surface area contributed by atoms with Gasteiger partial charge in [0.05, 0.1) is 19.4 Å². The molecule has 2 aliphatic carbocycles. The highest BCUT2D eigenvalue weighted by molar-refractivity contribution is 7.92. The van der Waals surface area contributed by atoms with Crippen molar-refractivity contribution >= 4 is 26.8 Å². The molecular formula is C20H24N4O4S. The fourth-order valence-corrected chi connectivity index (χ4v) is 6.81. The van der Waals surface area contributed by atoms with E-state index >= 15 is 0 Å².